The third-order valence-corrected chi connectivity index (χ3v) is 7.76. The Kier molecular flexibility index (Phi) is 9.85. The van der Waals surface area contributed by atoms with Crippen LogP contribution in [0, 0.1) is 20.8 Å². The summed E-state index contributed by atoms with van der Waals surface area (Å²) in [7, 11) is 0. The molecule has 1 amide bonds. The molecule has 0 aliphatic carbocycles. The van der Waals surface area contributed by atoms with E-state index in [0.29, 0.717) is 25.9 Å². The van der Waals surface area contributed by atoms with Gasteiger partial charge in [-0.15, -0.1) is 0 Å². The molecular formula is C30H35F3N2OS. The van der Waals surface area contributed by atoms with Gasteiger partial charge in [-0.3, -0.25) is 4.79 Å². The molecule has 4 rings (SSSR count). The minimum absolute atomic E-state index is 0.0682. The summed E-state index contributed by atoms with van der Waals surface area (Å²) in [6, 6.07) is 17.3. The smallest absolute Gasteiger partial charge is 0.354 e. The number of alkyl halides is 3. The lowest BCUT2D eigenvalue weighted by atomic mass is 9.95. The van der Waals surface area contributed by atoms with E-state index in [0.717, 1.165) is 22.6 Å². The molecule has 0 aromatic heterocycles. The predicted molar refractivity (Wildman–Crippen MR) is 145 cm³/mol. The third-order valence-electron chi connectivity index (χ3n) is 6.32. The second-order valence-corrected chi connectivity index (χ2v) is 10.2. The average Bonchev–Trinajstić information content (AvgIpc) is 2.86. The summed E-state index contributed by atoms with van der Waals surface area (Å²) in [4.78, 5) is 14.5. The van der Waals surface area contributed by atoms with Crippen LogP contribution in [0.5, 0.6) is 0 Å². The van der Waals surface area contributed by atoms with Crippen molar-refractivity contribution in [3.05, 3.63) is 99.6 Å². The summed E-state index contributed by atoms with van der Waals surface area (Å²) in [5, 5.41) is 3.01. The fourth-order valence-electron chi connectivity index (χ4n) is 4.55. The van der Waals surface area contributed by atoms with Gasteiger partial charge in [-0.2, -0.15) is 13.2 Å². The summed E-state index contributed by atoms with van der Waals surface area (Å²) in [5.74, 6) is -0.0682. The molecule has 1 aliphatic heterocycles. The molecular weight excluding hydrogens is 493 g/mol. The van der Waals surface area contributed by atoms with Gasteiger partial charge in [-0.05, 0) is 85.5 Å². The van der Waals surface area contributed by atoms with E-state index in [1.165, 1.54) is 39.9 Å². The summed E-state index contributed by atoms with van der Waals surface area (Å²) in [6.07, 6.45) is -3.27. The number of rotatable bonds is 6. The van der Waals surface area contributed by atoms with Crippen molar-refractivity contribution < 1.29 is 18.0 Å². The van der Waals surface area contributed by atoms with Crippen molar-refractivity contribution in [2.24, 2.45) is 0 Å². The van der Waals surface area contributed by atoms with Gasteiger partial charge in [0.1, 0.15) is 6.04 Å². The topological polar surface area (TPSA) is 32.3 Å². The number of hydrogen-bond acceptors (Lipinski definition) is 3. The van der Waals surface area contributed by atoms with E-state index in [1.807, 2.05) is 26.0 Å². The maximum Gasteiger partial charge on any atom is 0.416 e. The van der Waals surface area contributed by atoms with Crippen LogP contribution >= 0.6 is 11.9 Å². The Bertz CT molecular complexity index is 1190. The highest BCUT2D eigenvalue weighted by atomic mass is 32.2. The van der Waals surface area contributed by atoms with Crippen molar-refractivity contribution in [1.82, 2.24) is 9.62 Å². The minimum atomic E-state index is -4.35. The Morgan fingerprint density at radius 2 is 1.57 bits per heavy atom. The van der Waals surface area contributed by atoms with Crippen molar-refractivity contribution in [3.63, 3.8) is 0 Å². The fourth-order valence-corrected chi connectivity index (χ4v) is 5.70. The van der Waals surface area contributed by atoms with Gasteiger partial charge in [0.15, 0.2) is 0 Å². The van der Waals surface area contributed by atoms with Crippen molar-refractivity contribution in [2.45, 2.75) is 71.1 Å². The van der Waals surface area contributed by atoms with Crippen LogP contribution in [0.25, 0.3) is 0 Å². The Morgan fingerprint density at radius 1 is 0.973 bits per heavy atom. The van der Waals surface area contributed by atoms with E-state index < -0.39 is 11.7 Å². The Balaban J connectivity index is 0.00000186. The maximum atomic E-state index is 13.3. The van der Waals surface area contributed by atoms with E-state index in [2.05, 4.69) is 54.7 Å². The molecule has 3 nitrogen and oxygen atoms in total. The van der Waals surface area contributed by atoms with Gasteiger partial charge in [0.05, 0.1) is 5.56 Å². The largest absolute Gasteiger partial charge is 0.416 e. The van der Waals surface area contributed by atoms with Gasteiger partial charge >= 0.3 is 6.18 Å². The summed E-state index contributed by atoms with van der Waals surface area (Å²) < 4.78 is 40.5. The Labute approximate surface area is 222 Å². The molecule has 7 heteroatoms. The highest BCUT2D eigenvalue weighted by Crippen LogP contribution is 2.36. The highest BCUT2D eigenvalue weighted by molar-refractivity contribution is 7.97. The quantitative estimate of drug-likeness (QED) is 0.337. The average molecular weight is 529 g/mol. The number of fused-ring (bicyclic) bond motifs is 1. The van der Waals surface area contributed by atoms with Crippen molar-refractivity contribution in [1.29, 1.82) is 0 Å². The van der Waals surface area contributed by atoms with Gasteiger partial charge < -0.3 is 5.32 Å². The Hall–Kier alpha value is -2.77. The molecule has 1 atom stereocenters. The van der Waals surface area contributed by atoms with Crippen LogP contribution < -0.4 is 5.32 Å². The van der Waals surface area contributed by atoms with Crippen LogP contribution in [0.3, 0.4) is 0 Å². The van der Waals surface area contributed by atoms with Crippen molar-refractivity contribution >= 4 is 17.9 Å². The summed E-state index contributed by atoms with van der Waals surface area (Å²) in [5.41, 5.74) is 6.07. The molecule has 37 heavy (non-hydrogen) atoms. The molecule has 0 spiro atoms. The van der Waals surface area contributed by atoms with E-state index in [1.54, 1.807) is 11.9 Å². The standard InChI is InChI=1S/C28H29F3N2OS.C2H6/c1-18-14-19(2)26(20(3)15-18)35-33-17-23-7-5-4-6-22(23)16-25(33)27(34)32-13-12-21-8-10-24(11-9-21)28(29,30)31;1-2/h4-11,14-15,25H,12-13,16-17H2,1-3H3,(H,32,34);1-2H3. The molecule has 1 heterocycles. The third kappa shape index (κ3) is 7.39. The number of hydrogen-bond donors (Lipinski definition) is 1. The second kappa shape index (κ2) is 12.7. The lowest BCUT2D eigenvalue weighted by Gasteiger charge is -2.35. The maximum absolute atomic E-state index is 13.3. The van der Waals surface area contributed by atoms with Crippen LogP contribution in [-0.2, 0) is 30.4 Å². The molecule has 0 fully saturated rings. The minimum Gasteiger partial charge on any atom is -0.354 e. The molecule has 1 unspecified atom stereocenters. The van der Waals surface area contributed by atoms with Crippen molar-refractivity contribution in [2.75, 3.05) is 6.54 Å². The van der Waals surface area contributed by atoms with Gasteiger partial charge in [-0.1, -0.05) is 67.9 Å². The zero-order valence-corrected chi connectivity index (χ0v) is 22.9. The van der Waals surface area contributed by atoms with Gasteiger partial charge in [-0.25, -0.2) is 4.31 Å². The molecule has 0 saturated carbocycles. The first kappa shape index (κ1) is 28.8. The molecule has 0 saturated heterocycles. The number of amides is 1. The first-order valence-electron chi connectivity index (χ1n) is 12.6. The molecule has 1 N–H and O–H groups in total. The summed E-state index contributed by atoms with van der Waals surface area (Å²) >= 11 is 1.63. The number of halogens is 3. The summed E-state index contributed by atoms with van der Waals surface area (Å²) in [6.45, 7) is 11.3. The molecule has 3 aromatic rings. The van der Waals surface area contributed by atoms with Gasteiger partial charge in [0.25, 0.3) is 0 Å². The SMILES string of the molecule is CC.Cc1cc(C)c(SN2Cc3ccccc3CC2C(=O)NCCc2ccc(C(F)(F)F)cc2)c(C)c1. The zero-order chi connectivity index (χ0) is 27.2. The van der Waals surface area contributed by atoms with Crippen LogP contribution in [0.1, 0.15) is 52.8 Å². The van der Waals surface area contributed by atoms with Gasteiger partial charge in [0.2, 0.25) is 5.91 Å². The second-order valence-electron chi connectivity index (χ2n) is 9.12. The molecule has 1 aliphatic rings. The van der Waals surface area contributed by atoms with Crippen LogP contribution in [0.2, 0.25) is 0 Å². The van der Waals surface area contributed by atoms with Gasteiger partial charge in [0, 0.05) is 18.0 Å². The lowest BCUT2D eigenvalue weighted by molar-refractivity contribution is -0.137. The number of nitrogens with zero attached hydrogens (tertiary/aromatic N) is 1. The monoisotopic (exact) mass is 528 g/mol. The first-order chi connectivity index (χ1) is 17.6. The van der Waals surface area contributed by atoms with Crippen LogP contribution in [0.4, 0.5) is 13.2 Å². The normalized spacial score (nSPS) is 15.4. The van der Waals surface area contributed by atoms with E-state index in [-0.39, 0.29) is 11.9 Å². The lowest BCUT2D eigenvalue weighted by Crippen LogP contribution is -2.47. The van der Waals surface area contributed by atoms with E-state index >= 15 is 0 Å². The molecule has 0 radical (unpaired) electrons. The predicted octanol–water partition coefficient (Wildman–Crippen LogP) is 7.45. The number of nitrogens with one attached hydrogen (secondary N) is 1. The van der Waals surface area contributed by atoms with E-state index in [4.69, 9.17) is 0 Å². The highest BCUT2D eigenvalue weighted by Gasteiger charge is 2.33. The number of aryl methyl sites for hydroxylation is 3. The van der Waals surface area contributed by atoms with Crippen molar-refractivity contribution in [3.8, 4) is 0 Å². The zero-order valence-electron chi connectivity index (χ0n) is 22.1. The first-order valence-corrected chi connectivity index (χ1v) is 13.4. The molecule has 0 bridgehead atoms. The van der Waals surface area contributed by atoms with Crippen LogP contribution in [0.15, 0.2) is 65.6 Å². The molecule has 3 aromatic carbocycles. The number of carbonyl (C=O) groups excluding carboxylic acids is 1. The van der Waals surface area contributed by atoms with Crippen LogP contribution in [-0.4, -0.2) is 22.8 Å². The number of carbonyl (C=O) groups is 1. The number of benzene rings is 3. The molecule has 198 valence electrons. The van der Waals surface area contributed by atoms with E-state index in [9.17, 15) is 18.0 Å². The Morgan fingerprint density at radius 3 is 2.16 bits per heavy atom. The fraction of sp³-hybridized carbons (Fsp3) is 0.367.